The minimum Gasteiger partial charge on any atom is -0.356 e. The van der Waals surface area contributed by atoms with Crippen molar-refractivity contribution in [3.8, 4) is 6.07 Å². The minimum absolute atomic E-state index is 0.195. The Hall–Kier alpha value is -2.92. The van der Waals surface area contributed by atoms with Crippen molar-refractivity contribution >= 4 is 21.7 Å². The van der Waals surface area contributed by atoms with E-state index < -0.39 is 10.0 Å². The molecule has 0 aliphatic carbocycles. The van der Waals surface area contributed by atoms with Gasteiger partial charge in [-0.25, -0.2) is 4.98 Å². The Morgan fingerprint density at radius 1 is 1.15 bits per heavy atom. The highest BCUT2D eigenvalue weighted by Crippen LogP contribution is 2.29. The maximum atomic E-state index is 12.3. The monoisotopic (exact) mass is 381 g/mol. The Balaban J connectivity index is 1.50. The van der Waals surface area contributed by atoms with Crippen molar-refractivity contribution < 1.29 is 8.42 Å². The summed E-state index contributed by atoms with van der Waals surface area (Å²) < 4.78 is 28.6. The van der Waals surface area contributed by atoms with E-state index in [0.717, 1.165) is 31.7 Å². The number of aromatic nitrogens is 1. The Labute approximate surface area is 158 Å². The van der Waals surface area contributed by atoms with Crippen LogP contribution in [0.25, 0.3) is 0 Å². The number of nitriles is 1. The van der Waals surface area contributed by atoms with Gasteiger partial charge in [0.2, 0.25) is 0 Å². The molecule has 0 bridgehead atoms. The van der Waals surface area contributed by atoms with Gasteiger partial charge < -0.3 is 9.80 Å². The van der Waals surface area contributed by atoms with E-state index in [4.69, 9.17) is 5.26 Å². The fraction of sp³-hybridized carbons (Fsp3) is 0.316. The summed E-state index contributed by atoms with van der Waals surface area (Å²) in [5.41, 5.74) is 1.08. The molecule has 0 N–H and O–H groups in total. The lowest BCUT2D eigenvalue weighted by atomic mass is 10.0. The predicted octanol–water partition coefficient (Wildman–Crippen LogP) is 2.00. The first kappa shape index (κ1) is 17.5. The van der Waals surface area contributed by atoms with Crippen LogP contribution in [0.4, 0.5) is 5.82 Å². The standard InChI is InChI=1S/C19H19N5O2S/c1-23(19-16-6-2-3-7-17(16)27(25,26)22-19)15-9-11-24(12-10-15)18-8-4-5-14(13-20)21-18/h2-8,15H,9-12H2,1H3. The smallest absolute Gasteiger partial charge is 0.285 e. The number of piperidine rings is 1. The van der Waals surface area contributed by atoms with Crippen LogP contribution in [-0.4, -0.2) is 50.3 Å². The molecule has 2 aromatic rings. The molecule has 1 saturated heterocycles. The Kier molecular flexibility index (Phi) is 4.32. The summed E-state index contributed by atoms with van der Waals surface area (Å²) in [6, 6.07) is 14.7. The lowest BCUT2D eigenvalue weighted by Crippen LogP contribution is -2.45. The van der Waals surface area contributed by atoms with Crippen LogP contribution in [-0.2, 0) is 10.0 Å². The molecule has 138 valence electrons. The number of hydrogen-bond acceptors (Lipinski definition) is 6. The largest absolute Gasteiger partial charge is 0.356 e. The van der Waals surface area contributed by atoms with E-state index in [2.05, 4.69) is 20.4 Å². The minimum atomic E-state index is -3.60. The Morgan fingerprint density at radius 3 is 2.63 bits per heavy atom. The summed E-state index contributed by atoms with van der Waals surface area (Å²) in [6.07, 6.45) is 1.71. The van der Waals surface area contributed by atoms with Gasteiger partial charge >= 0.3 is 0 Å². The van der Waals surface area contributed by atoms with Gasteiger partial charge in [0.15, 0.2) is 5.84 Å². The van der Waals surface area contributed by atoms with Gasteiger partial charge in [-0.2, -0.15) is 13.7 Å². The van der Waals surface area contributed by atoms with Crippen LogP contribution < -0.4 is 4.90 Å². The van der Waals surface area contributed by atoms with Crippen LogP contribution in [0.1, 0.15) is 24.1 Å². The maximum Gasteiger partial charge on any atom is 0.285 e. The highest BCUT2D eigenvalue weighted by molar-refractivity contribution is 7.90. The molecule has 2 aliphatic heterocycles. The molecule has 0 unspecified atom stereocenters. The molecule has 0 radical (unpaired) electrons. The molecule has 0 saturated carbocycles. The third kappa shape index (κ3) is 3.15. The molecule has 2 aliphatic rings. The molecular weight excluding hydrogens is 362 g/mol. The van der Waals surface area contributed by atoms with E-state index in [1.54, 1.807) is 18.2 Å². The van der Waals surface area contributed by atoms with Crippen LogP contribution in [0.15, 0.2) is 51.8 Å². The topological polar surface area (TPSA) is 89.7 Å². The van der Waals surface area contributed by atoms with Crippen LogP contribution in [0.5, 0.6) is 0 Å². The van der Waals surface area contributed by atoms with Gasteiger partial charge in [-0.3, -0.25) is 0 Å². The SMILES string of the molecule is CN(C1=NS(=O)(=O)c2ccccc21)C1CCN(c2cccc(C#N)n2)CC1. The first-order chi connectivity index (χ1) is 13.0. The highest BCUT2D eigenvalue weighted by atomic mass is 32.2. The summed E-state index contributed by atoms with van der Waals surface area (Å²) >= 11 is 0. The lowest BCUT2D eigenvalue weighted by Gasteiger charge is -2.38. The number of pyridine rings is 1. The van der Waals surface area contributed by atoms with Crippen molar-refractivity contribution in [3.05, 3.63) is 53.7 Å². The van der Waals surface area contributed by atoms with Crippen LogP contribution in [0.3, 0.4) is 0 Å². The molecular formula is C19H19N5O2S. The number of amidine groups is 1. The number of benzene rings is 1. The second-order valence-electron chi connectivity index (χ2n) is 6.71. The number of nitrogens with zero attached hydrogens (tertiary/aromatic N) is 5. The zero-order valence-electron chi connectivity index (χ0n) is 14.9. The normalized spacial score (nSPS) is 18.5. The number of anilines is 1. The summed E-state index contributed by atoms with van der Waals surface area (Å²) in [6.45, 7) is 1.58. The molecule has 0 spiro atoms. The average Bonchev–Trinajstić information content (AvgIpc) is 2.99. The third-order valence-corrected chi connectivity index (χ3v) is 6.46. The third-order valence-electron chi connectivity index (χ3n) is 5.13. The number of rotatable bonds is 2. The van der Waals surface area contributed by atoms with Crippen molar-refractivity contribution in [3.63, 3.8) is 0 Å². The van der Waals surface area contributed by atoms with E-state index in [-0.39, 0.29) is 10.9 Å². The van der Waals surface area contributed by atoms with Crippen molar-refractivity contribution in [2.24, 2.45) is 4.40 Å². The first-order valence-electron chi connectivity index (χ1n) is 8.79. The first-order valence-corrected chi connectivity index (χ1v) is 10.2. The maximum absolute atomic E-state index is 12.3. The molecule has 1 aromatic heterocycles. The Morgan fingerprint density at radius 2 is 1.89 bits per heavy atom. The molecule has 27 heavy (non-hydrogen) atoms. The van der Waals surface area contributed by atoms with Gasteiger partial charge in [0.25, 0.3) is 10.0 Å². The van der Waals surface area contributed by atoms with E-state index in [9.17, 15) is 8.42 Å². The second-order valence-corrected chi connectivity index (χ2v) is 8.28. The van der Waals surface area contributed by atoms with Crippen molar-refractivity contribution in [1.29, 1.82) is 5.26 Å². The summed E-state index contributed by atoms with van der Waals surface area (Å²) in [5.74, 6) is 1.33. The number of fused-ring (bicyclic) bond motifs is 1. The molecule has 0 amide bonds. The van der Waals surface area contributed by atoms with Gasteiger partial charge in [-0.1, -0.05) is 18.2 Å². The molecule has 1 aromatic carbocycles. The molecule has 4 rings (SSSR count). The molecule has 0 atom stereocenters. The van der Waals surface area contributed by atoms with Crippen molar-refractivity contribution in [2.45, 2.75) is 23.8 Å². The zero-order chi connectivity index (χ0) is 19.0. The Bertz CT molecular complexity index is 1050. The van der Waals surface area contributed by atoms with Gasteiger partial charge in [0, 0.05) is 31.7 Å². The van der Waals surface area contributed by atoms with Gasteiger partial charge in [-0.05, 0) is 37.1 Å². The van der Waals surface area contributed by atoms with E-state index in [1.807, 2.05) is 36.2 Å². The second kappa shape index (κ2) is 6.67. The predicted molar refractivity (Wildman–Crippen MR) is 102 cm³/mol. The summed E-state index contributed by atoms with van der Waals surface area (Å²) in [5, 5.41) is 9.02. The number of sulfonamides is 1. The molecule has 8 heteroatoms. The van der Waals surface area contributed by atoms with E-state index >= 15 is 0 Å². The fourth-order valence-corrected chi connectivity index (χ4v) is 4.90. The van der Waals surface area contributed by atoms with Gasteiger partial charge in [-0.15, -0.1) is 4.40 Å². The zero-order valence-corrected chi connectivity index (χ0v) is 15.7. The molecule has 1 fully saturated rings. The van der Waals surface area contributed by atoms with Gasteiger partial charge in [0.05, 0.1) is 0 Å². The summed E-state index contributed by atoms with van der Waals surface area (Å²) in [7, 11) is -1.70. The van der Waals surface area contributed by atoms with E-state index in [0.29, 0.717) is 17.1 Å². The molecule has 3 heterocycles. The lowest BCUT2D eigenvalue weighted by molar-refractivity contribution is 0.306. The van der Waals surface area contributed by atoms with Crippen molar-refractivity contribution in [1.82, 2.24) is 9.88 Å². The van der Waals surface area contributed by atoms with Crippen LogP contribution in [0.2, 0.25) is 0 Å². The van der Waals surface area contributed by atoms with E-state index in [1.165, 1.54) is 0 Å². The molecule has 7 nitrogen and oxygen atoms in total. The summed E-state index contributed by atoms with van der Waals surface area (Å²) in [4.78, 5) is 8.78. The quantitative estimate of drug-likeness (QED) is 0.790. The number of hydrogen-bond donors (Lipinski definition) is 0. The highest BCUT2D eigenvalue weighted by Gasteiger charge is 2.34. The van der Waals surface area contributed by atoms with Crippen LogP contribution in [0, 0.1) is 11.3 Å². The van der Waals surface area contributed by atoms with Crippen LogP contribution >= 0.6 is 0 Å². The fourth-order valence-electron chi connectivity index (χ4n) is 3.66. The van der Waals surface area contributed by atoms with Gasteiger partial charge in [0.1, 0.15) is 22.5 Å². The average molecular weight is 381 g/mol. The van der Waals surface area contributed by atoms with Crippen molar-refractivity contribution in [2.75, 3.05) is 25.0 Å².